The Bertz CT molecular complexity index is 933. The normalized spacial score (nSPS) is 15.6. The molecule has 0 saturated carbocycles. The van der Waals surface area contributed by atoms with E-state index in [0.29, 0.717) is 17.1 Å². The van der Waals surface area contributed by atoms with Gasteiger partial charge in [-0.25, -0.2) is 4.79 Å². The summed E-state index contributed by atoms with van der Waals surface area (Å²) < 4.78 is 5.65. The number of benzene rings is 1. The van der Waals surface area contributed by atoms with Crippen LogP contribution in [0.1, 0.15) is 16.1 Å². The lowest BCUT2D eigenvalue weighted by atomic mass is 10.1. The summed E-state index contributed by atoms with van der Waals surface area (Å²) in [5.41, 5.74) is 0.878. The molecule has 1 aromatic heterocycles. The van der Waals surface area contributed by atoms with E-state index in [9.17, 15) is 14.4 Å². The molecule has 2 amide bonds. The smallest absolute Gasteiger partial charge is 0.335 e. The molecule has 0 aliphatic carbocycles. The topological polar surface area (TPSA) is 87.8 Å². The molecule has 1 aliphatic rings. The second-order valence-electron chi connectivity index (χ2n) is 5.06. The van der Waals surface area contributed by atoms with Crippen LogP contribution in [0.5, 0.6) is 0 Å². The third-order valence-electron chi connectivity index (χ3n) is 3.44. The third kappa shape index (κ3) is 3.34. The molecular weight excluding hydrogens is 342 g/mol. The van der Waals surface area contributed by atoms with Gasteiger partial charge in [0.15, 0.2) is 0 Å². The van der Waals surface area contributed by atoms with Gasteiger partial charge in [-0.05, 0) is 36.0 Å². The summed E-state index contributed by atoms with van der Waals surface area (Å²) in [6.07, 6.45) is 6.63. The minimum absolute atomic E-state index is 0.0681. The first-order chi connectivity index (χ1) is 12.0. The number of carboxylic acids is 1. The van der Waals surface area contributed by atoms with Gasteiger partial charge in [-0.1, -0.05) is 18.1 Å². The van der Waals surface area contributed by atoms with Gasteiger partial charge in [0.05, 0.1) is 17.0 Å². The summed E-state index contributed by atoms with van der Waals surface area (Å²) in [5.74, 6) is 1.74. The van der Waals surface area contributed by atoms with E-state index in [1.165, 1.54) is 18.2 Å². The van der Waals surface area contributed by atoms with Crippen LogP contribution in [0.25, 0.3) is 17.4 Å². The van der Waals surface area contributed by atoms with Crippen LogP contribution in [0, 0.1) is 12.3 Å². The zero-order valence-electron chi connectivity index (χ0n) is 12.8. The van der Waals surface area contributed by atoms with Gasteiger partial charge in [0, 0.05) is 11.6 Å². The predicted molar refractivity (Wildman–Crippen MR) is 92.6 cm³/mol. The summed E-state index contributed by atoms with van der Waals surface area (Å²) in [6, 6.07) is 9.58. The maximum Gasteiger partial charge on any atom is 0.335 e. The number of rotatable bonds is 4. The first-order valence-electron chi connectivity index (χ1n) is 7.12. The standard InChI is InChI=1S/C18H11NO5S/c1-2-9-19-16(20)15(25-18(19)23)10-13-7-8-14(24-13)11-3-5-12(6-4-11)17(21)22/h1,3-8,10H,9H2,(H,21,22)/b15-10+. The molecule has 1 saturated heterocycles. The number of hydrogen-bond acceptors (Lipinski definition) is 5. The number of aromatic carboxylic acids is 1. The Hall–Kier alpha value is -3.24. The fourth-order valence-electron chi connectivity index (χ4n) is 2.22. The lowest BCUT2D eigenvalue weighted by Gasteiger charge is -2.06. The van der Waals surface area contributed by atoms with Crippen LogP contribution in [-0.2, 0) is 4.79 Å². The summed E-state index contributed by atoms with van der Waals surface area (Å²) in [4.78, 5) is 36.0. The molecule has 0 spiro atoms. The number of carbonyl (C=O) groups is 3. The molecule has 2 aromatic rings. The number of imide groups is 1. The molecule has 0 unspecified atom stereocenters. The molecule has 3 rings (SSSR count). The summed E-state index contributed by atoms with van der Waals surface area (Å²) in [6.45, 7) is -0.0681. The second kappa shape index (κ2) is 6.71. The Kier molecular flexibility index (Phi) is 4.46. The van der Waals surface area contributed by atoms with Crippen molar-refractivity contribution < 1.29 is 23.9 Å². The molecular formula is C18H11NO5S. The van der Waals surface area contributed by atoms with Crippen LogP contribution < -0.4 is 0 Å². The van der Waals surface area contributed by atoms with E-state index in [0.717, 1.165) is 16.7 Å². The SMILES string of the molecule is C#CCN1C(=O)S/C(=C/c2ccc(-c3ccc(C(=O)O)cc3)o2)C1=O. The number of nitrogens with zero attached hydrogens (tertiary/aromatic N) is 1. The summed E-state index contributed by atoms with van der Waals surface area (Å²) in [7, 11) is 0. The lowest BCUT2D eigenvalue weighted by Crippen LogP contribution is -2.28. The molecule has 1 aliphatic heterocycles. The Balaban J connectivity index is 1.82. The highest BCUT2D eigenvalue weighted by molar-refractivity contribution is 8.18. The van der Waals surface area contributed by atoms with Crippen LogP contribution in [0.3, 0.4) is 0 Å². The Labute approximate surface area is 147 Å². The van der Waals surface area contributed by atoms with E-state index in [1.54, 1.807) is 24.3 Å². The van der Waals surface area contributed by atoms with Gasteiger partial charge in [-0.2, -0.15) is 0 Å². The number of carboxylic acid groups (broad SMARTS) is 1. The molecule has 1 aromatic carbocycles. The highest BCUT2D eigenvalue weighted by Crippen LogP contribution is 2.33. The van der Waals surface area contributed by atoms with E-state index in [4.69, 9.17) is 15.9 Å². The highest BCUT2D eigenvalue weighted by atomic mass is 32.2. The number of carbonyl (C=O) groups excluding carboxylic acids is 2. The van der Waals surface area contributed by atoms with Crippen molar-refractivity contribution in [3.63, 3.8) is 0 Å². The van der Waals surface area contributed by atoms with Gasteiger partial charge >= 0.3 is 5.97 Å². The highest BCUT2D eigenvalue weighted by Gasteiger charge is 2.34. The number of furan rings is 1. The van der Waals surface area contributed by atoms with Crippen molar-refractivity contribution in [2.24, 2.45) is 0 Å². The number of terminal acetylenes is 1. The zero-order chi connectivity index (χ0) is 18.0. The number of hydrogen-bond donors (Lipinski definition) is 1. The van der Waals surface area contributed by atoms with Crippen molar-refractivity contribution in [3.05, 3.63) is 52.6 Å². The van der Waals surface area contributed by atoms with Crippen molar-refractivity contribution >= 4 is 35.0 Å². The van der Waals surface area contributed by atoms with Crippen molar-refractivity contribution in [1.82, 2.24) is 4.90 Å². The lowest BCUT2D eigenvalue weighted by molar-refractivity contribution is -0.122. The van der Waals surface area contributed by atoms with Crippen LogP contribution in [-0.4, -0.2) is 33.7 Å². The Morgan fingerprint density at radius 3 is 2.60 bits per heavy atom. The van der Waals surface area contributed by atoms with Gasteiger partial charge in [0.25, 0.3) is 11.1 Å². The summed E-state index contributed by atoms with van der Waals surface area (Å²) >= 11 is 0.805. The van der Waals surface area contributed by atoms with Gasteiger partial charge < -0.3 is 9.52 Å². The van der Waals surface area contributed by atoms with Crippen molar-refractivity contribution in [3.8, 4) is 23.7 Å². The van der Waals surface area contributed by atoms with E-state index < -0.39 is 17.1 Å². The number of amides is 2. The van der Waals surface area contributed by atoms with E-state index >= 15 is 0 Å². The number of thioether (sulfide) groups is 1. The van der Waals surface area contributed by atoms with Crippen LogP contribution in [0.4, 0.5) is 4.79 Å². The zero-order valence-corrected chi connectivity index (χ0v) is 13.6. The van der Waals surface area contributed by atoms with Gasteiger partial charge in [0.2, 0.25) is 0 Å². The van der Waals surface area contributed by atoms with Crippen LogP contribution in [0.15, 0.2) is 45.7 Å². The second-order valence-corrected chi connectivity index (χ2v) is 6.05. The molecule has 0 bridgehead atoms. The van der Waals surface area contributed by atoms with Crippen LogP contribution in [0.2, 0.25) is 0 Å². The molecule has 1 fully saturated rings. The Morgan fingerprint density at radius 1 is 1.24 bits per heavy atom. The average molecular weight is 353 g/mol. The molecule has 1 N–H and O–H groups in total. The van der Waals surface area contributed by atoms with Crippen LogP contribution >= 0.6 is 11.8 Å². The molecule has 2 heterocycles. The molecule has 25 heavy (non-hydrogen) atoms. The first-order valence-corrected chi connectivity index (χ1v) is 7.93. The van der Waals surface area contributed by atoms with Crippen molar-refractivity contribution in [1.29, 1.82) is 0 Å². The predicted octanol–water partition coefficient (Wildman–Crippen LogP) is 3.31. The van der Waals surface area contributed by atoms with Gasteiger partial charge in [0.1, 0.15) is 11.5 Å². The minimum atomic E-state index is -1.01. The first kappa shape index (κ1) is 16.6. The maximum atomic E-state index is 12.1. The van der Waals surface area contributed by atoms with E-state index in [2.05, 4.69) is 5.92 Å². The quantitative estimate of drug-likeness (QED) is 0.670. The maximum absolute atomic E-state index is 12.1. The molecule has 124 valence electrons. The third-order valence-corrected chi connectivity index (χ3v) is 4.35. The largest absolute Gasteiger partial charge is 0.478 e. The Morgan fingerprint density at radius 2 is 1.96 bits per heavy atom. The van der Waals surface area contributed by atoms with E-state index in [1.807, 2.05) is 0 Å². The van der Waals surface area contributed by atoms with Crippen molar-refractivity contribution in [2.75, 3.05) is 6.54 Å². The molecule has 0 radical (unpaired) electrons. The molecule has 6 nitrogen and oxygen atoms in total. The fraction of sp³-hybridized carbons (Fsp3) is 0.0556. The minimum Gasteiger partial charge on any atom is -0.478 e. The summed E-state index contributed by atoms with van der Waals surface area (Å²) in [5, 5.41) is 8.49. The average Bonchev–Trinajstić information content (AvgIpc) is 3.16. The van der Waals surface area contributed by atoms with Gasteiger partial charge in [-0.15, -0.1) is 6.42 Å². The van der Waals surface area contributed by atoms with Crippen molar-refractivity contribution in [2.45, 2.75) is 0 Å². The van der Waals surface area contributed by atoms with E-state index in [-0.39, 0.29) is 17.0 Å². The monoisotopic (exact) mass is 353 g/mol. The van der Waals surface area contributed by atoms with Gasteiger partial charge in [-0.3, -0.25) is 14.5 Å². The fourth-order valence-corrected chi connectivity index (χ4v) is 3.04. The molecule has 0 atom stereocenters. The molecule has 7 heteroatoms.